The standard InChI is InChI=1S/C20H21ClN2O2.2C2H6/c1-4-13-5-6-14-10-17(21)20(23-18(14)9-13)22-12-15-7-8-16(24-2)11-19(15)25-3;2*1-2/h5-11H,4,12H2,1-3H3,(H,22,23);2*1-2H3. The number of fused-ring (bicyclic) bond motifs is 1. The molecule has 0 aliphatic rings. The van der Waals surface area contributed by atoms with Crippen LogP contribution in [0.25, 0.3) is 10.9 Å². The minimum Gasteiger partial charge on any atom is -0.497 e. The van der Waals surface area contributed by atoms with Gasteiger partial charge in [-0.05, 0) is 36.2 Å². The van der Waals surface area contributed by atoms with Crippen LogP contribution in [0.15, 0.2) is 42.5 Å². The molecule has 0 saturated heterocycles. The summed E-state index contributed by atoms with van der Waals surface area (Å²) in [5.41, 5.74) is 3.20. The molecular formula is C24H33ClN2O2. The van der Waals surface area contributed by atoms with E-state index in [4.69, 9.17) is 21.1 Å². The molecule has 1 aromatic heterocycles. The normalized spacial score (nSPS) is 9.66. The molecule has 2 aromatic carbocycles. The molecule has 3 aromatic rings. The highest BCUT2D eigenvalue weighted by molar-refractivity contribution is 6.33. The molecule has 0 amide bonds. The average Bonchev–Trinajstić information content (AvgIpc) is 2.79. The van der Waals surface area contributed by atoms with Crippen LogP contribution >= 0.6 is 11.6 Å². The lowest BCUT2D eigenvalue weighted by molar-refractivity contribution is 0.391. The van der Waals surface area contributed by atoms with Crippen molar-refractivity contribution < 1.29 is 9.47 Å². The Bertz CT molecular complexity index is 897. The van der Waals surface area contributed by atoms with E-state index in [1.165, 1.54) is 5.56 Å². The molecule has 0 spiro atoms. The van der Waals surface area contributed by atoms with E-state index in [1.54, 1.807) is 14.2 Å². The number of nitrogens with zero attached hydrogens (tertiary/aromatic N) is 1. The number of halogens is 1. The fourth-order valence-electron chi connectivity index (χ4n) is 2.71. The first-order valence-electron chi connectivity index (χ1n) is 10.2. The third-order valence-corrected chi connectivity index (χ3v) is 4.47. The SMILES string of the molecule is CC.CC.CCc1ccc2cc(Cl)c(NCc3ccc(OC)cc3OC)nc2c1. The molecule has 3 rings (SSSR count). The van der Waals surface area contributed by atoms with Gasteiger partial charge >= 0.3 is 0 Å². The van der Waals surface area contributed by atoms with E-state index in [2.05, 4.69) is 35.4 Å². The third kappa shape index (κ3) is 6.53. The van der Waals surface area contributed by atoms with Crippen molar-refractivity contribution in [2.75, 3.05) is 19.5 Å². The van der Waals surface area contributed by atoms with E-state index >= 15 is 0 Å². The molecule has 0 atom stereocenters. The van der Waals surface area contributed by atoms with E-state index < -0.39 is 0 Å². The number of rotatable bonds is 6. The Balaban J connectivity index is 0.000000989. The van der Waals surface area contributed by atoms with E-state index in [9.17, 15) is 0 Å². The molecule has 0 fully saturated rings. The quantitative estimate of drug-likeness (QED) is 0.464. The van der Waals surface area contributed by atoms with Crippen molar-refractivity contribution in [2.45, 2.75) is 47.6 Å². The molecule has 0 unspecified atom stereocenters. The Morgan fingerprint density at radius 2 is 1.66 bits per heavy atom. The van der Waals surface area contributed by atoms with Crippen LogP contribution in [0.3, 0.4) is 0 Å². The van der Waals surface area contributed by atoms with E-state index in [-0.39, 0.29) is 0 Å². The van der Waals surface area contributed by atoms with Gasteiger partial charge in [-0.2, -0.15) is 0 Å². The van der Waals surface area contributed by atoms with Gasteiger partial charge < -0.3 is 14.8 Å². The van der Waals surface area contributed by atoms with Gasteiger partial charge in [-0.1, -0.05) is 58.4 Å². The summed E-state index contributed by atoms with van der Waals surface area (Å²) in [7, 11) is 3.28. The topological polar surface area (TPSA) is 43.4 Å². The van der Waals surface area contributed by atoms with Crippen molar-refractivity contribution in [2.24, 2.45) is 0 Å². The molecule has 0 aliphatic heterocycles. The molecule has 1 heterocycles. The van der Waals surface area contributed by atoms with Crippen LogP contribution in [0.5, 0.6) is 11.5 Å². The number of pyridine rings is 1. The molecule has 0 radical (unpaired) electrons. The van der Waals surface area contributed by atoms with Crippen LogP contribution < -0.4 is 14.8 Å². The molecule has 29 heavy (non-hydrogen) atoms. The smallest absolute Gasteiger partial charge is 0.145 e. The molecule has 0 saturated carbocycles. The van der Waals surface area contributed by atoms with Gasteiger partial charge in [0.05, 0.1) is 24.8 Å². The van der Waals surface area contributed by atoms with Gasteiger partial charge in [0.15, 0.2) is 0 Å². The van der Waals surface area contributed by atoms with Crippen molar-refractivity contribution in [1.82, 2.24) is 4.98 Å². The lowest BCUT2D eigenvalue weighted by Crippen LogP contribution is -2.04. The molecule has 1 N–H and O–H groups in total. The summed E-state index contributed by atoms with van der Waals surface area (Å²) in [6.45, 7) is 10.7. The van der Waals surface area contributed by atoms with Crippen LogP contribution in [0, 0.1) is 0 Å². The van der Waals surface area contributed by atoms with Gasteiger partial charge in [0.25, 0.3) is 0 Å². The predicted molar refractivity (Wildman–Crippen MR) is 126 cm³/mol. The number of anilines is 1. The number of nitrogens with one attached hydrogen (secondary N) is 1. The number of aryl methyl sites for hydroxylation is 1. The number of methoxy groups -OCH3 is 2. The second-order valence-electron chi connectivity index (χ2n) is 5.73. The summed E-state index contributed by atoms with van der Waals surface area (Å²) >= 11 is 6.39. The number of hydrogen-bond donors (Lipinski definition) is 1. The lowest BCUT2D eigenvalue weighted by atomic mass is 10.1. The number of hydrogen-bond acceptors (Lipinski definition) is 4. The van der Waals surface area contributed by atoms with Crippen LogP contribution in [-0.2, 0) is 13.0 Å². The van der Waals surface area contributed by atoms with Crippen molar-refractivity contribution >= 4 is 28.3 Å². The summed E-state index contributed by atoms with van der Waals surface area (Å²) in [5, 5.41) is 4.95. The first kappa shape index (κ1) is 24.6. The van der Waals surface area contributed by atoms with Crippen molar-refractivity contribution in [3.05, 3.63) is 58.6 Å². The summed E-state index contributed by atoms with van der Waals surface area (Å²) < 4.78 is 10.7. The maximum Gasteiger partial charge on any atom is 0.145 e. The number of ether oxygens (including phenoxy) is 2. The maximum atomic E-state index is 6.39. The van der Waals surface area contributed by atoms with Crippen LogP contribution in [0.2, 0.25) is 5.02 Å². The second-order valence-corrected chi connectivity index (χ2v) is 6.14. The van der Waals surface area contributed by atoms with Crippen molar-refractivity contribution in [3.8, 4) is 11.5 Å². The first-order valence-corrected chi connectivity index (χ1v) is 10.6. The summed E-state index contributed by atoms with van der Waals surface area (Å²) in [6.07, 6.45) is 0.978. The van der Waals surface area contributed by atoms with Crippen molar-refractivity contribution in [1.29, 1.82) is 0 Å². The van der Waals surface area contributed by atoms with Gasteiger partial charge in [0.1, 0.15) is 17.3 Å². The van der Waals surface area contributed by atoms with Crippen LogP contribution in [0.1, 0.15) is 45.7 Å². The molecule has 4 nitrogen and oxygen atoms in total. The monoisotopic (exact) mass is 416 g/mol. The maximum absolute atomic E-state index is 6.39. The van der Waals surface area contributed by atoms with Crippen LogP contribution in [0.4, 0.5) is 5.82 Å². The highest BCUT2D eigenvalue weighted by atomic mass is 35.5. The Labute approximate surface area is 180 Å². The Hall–Kier alpha value is -2.46. The first-order chi connectivity index (χ1) is 14.1. The van der Waals surface area contributed by atoms with Gasteiger partial charge in [0, 0.05) is 23.6 Å². The minimum atomic E-state index is 0.554. The third-order valence-electron chi connectivity index (χ3n) is 4.18. The number of benzene rings is 2. The molecule has 0 bridgehead atoms. The highest BCUT2D eigenvalue weighted by Gasteiger charge is 2.09. The minimum absolute atomic E-state index is 0.554. The fourth-order valence-corrected chi connectivity index (χ4v) is 2.93. The molecule has 5 heteroatoms. The Morgan fingerprint density at radius 3 is 2.28 bits per heavy atom. The zero-order valence-corrected chi connectivity index (χ0v) is 19.4. The zero-order valence-electron chi connectivity index (χ0n) is 18.6. The largest absolute Gasteiger partial charge is 0.497 e. The molecule has 158 valence electrons. The summed E-state index contributed by atoms with van der Waals surface area (Å²) in [6, 6.07) is 13.9. The lowest BCUT2D eigenvalue weighted by Gasteiger charge is -2.13. The van der Waals surface area contributed by atoms with Crippen LogP contribution in [-0.4, -0.2) is 19.2 Å². The van der Waals surface area contributed by atoms with Gasteiger partial charge in [-0.25, -0.2) is 4.98 Å². The predicted octanol–water partition coefficient (Wildman–Crippen LogP) is 7.13. The molecular weight excluding hydrogens is 384 g/mol. The zero-order chi connectivity index (χ0) is 21.8. The van der Waals surface area contributed by atoms with E-state index in [0.717, 1.165) is 34.4 Å². The fraction of sp³-hybridized carbons (Fsp3) is 0.375. The number of aromatic nitrogens is 1. The molecule has 0 aliphatic carbocycles. The van der Waals surface area contributed by atoms with Gasteiger partial charge in [-0.15, -0.1) is 0 Å². The summed E-state index contributed by atoms with van der Waals surface area (Å²) in [5.74, 6) is 2.19. The van der Waals surface area contributed by atoms with Gasteiger partial charge in [-0.3, -0.25) is 0 Å². The van der Waals surface area contributed by atoms with Gasteiger partial charge in [0.2, 0.25) is 0 Å². The second kappa shape index (κ2) is 12.9. The Kier molecular flexibility index (Phi) is 10.9. The summed E-state index contributed by atoms with van der Waals surface area (Å²) in [4.78, 5) is 4.68. The van der Waals surface area contributed by atoms with E-state index in [0.29, 0.717) is 17.4 Å². The van der Waals surface area contributed by atoms with Crippen molar-refractivity contribution in [3.63, 3.8) is 0 Å². The Morgan fingerprint density at radius 1 is 0.931 bits per heavy atom. The highest BCUT2D eigenvalue weighted by Crippen LogP contribution is 2.28. The van der Waals surface area contributed by atoms with E-state index in [1.807, 2.05) is 52.0 Å². The average molecular weight is 417 g/mol.